The number of thioether (sulfide) groups is 1. The van der Waals surface area contributed by atoms with Crippen LogP contribution in [0.3, 0.4) is 0 Å². The Kier molecular flexibility index (Phi) is 6.32. The molecule has 1 aromatic heterocycles. The Bertz CT molecular complexity index is 595. The maximum atomic E-state index is 5.78. The molecule has 0 fully saturated rings. The molecule has 0 atom stereocenters. The van der Waals surface area contributed by atoms with Crippen molar-refractivity contribution >= 4 is 33.5 Å². The van der Waals surface area contributed by atoms with E-state index in [1.807, 2.05) is 36.6 Å². The van der Waals surface area contributed by atoms with E-state index in [0.717, 1.165) is 28.8 Å². The predicted molar refractivity (Wildman–Crippen MR) is 91.1 cm³/mol. The van der Waals surface area contributed by atoms with E-state index in [2.05, 4.69) is 38.1 Å². The molecule has 112 valence electrons. The second-order valence-electron chi connectivity index (χ2n) is 4.42. The maximum absolute atomic E-state index is 5.78. The van der Waals surface area contributed by atoms with Gasteiger partial charge in [0.25, 0.3) is 0 Å². The summed E-state index contributed by atoms with van der Waals surface area (Å²) in [6.07, 6.45) is 3.00. The number of hydrogen-bond acceptors (Lipinski definition) is 5. The van der Waals surface area contributed by atoms with Crippen LogP contribution in [0.4, 0.5) is 5.82 Å². The Morgan fingerprint density at radius 1 is 1.29 bits per heavy atom. The van der Waals surface area contributed by atoms with Crippen LogP contribution in [0.5, 0.6) is 5.88 Å². The fraction of sp³-hybridized carbons (Fsp3) is 0.333. The van der Waals surface area contributed by atoms with Crippen LogP contribution in [0, 0.1) is 0 Å². The number of nitrogens with zero attached hydrogens (tertiary/aromatic N) is 2. The van der Waals surface area contributed by atoms with Crippen LogP contribution in [-0.2, 0) is 6.61 Å². The molecule has 0 saturated carbocycles. The first-order valence-corrected chi connectivity index (χ1v) is 8.77. The minimum absolute atomic E-state index is 0.484. The lowest BCUT2D eigenvalue weighted by Gasteiger charge is -2.10. The summed E-state index contributed by atoms with van der Waals surface area (Å²) in [5, 5.41) is 3.97. The van der Waals surface area contributed by atoms with Crippen molar-refractivity contribution in [3.05, 3.63) is 40.4 Å². The van der Waals surface area contributed by atoms with E-state index in [0.29, 0.717) is 17.6 Å². The van der Waals surface area contributed by atoms with Crippen molar-refractivity contribution in [2.45, 2.75) is 25.1 Å². The van der Waals surface area contributed by atoms with Gasteiger partial charge in [-0.15, -0.1) is 0 Å². The fourth-order valence-electron chi connectivity index (χ4n) is 1.70. The minimum Gasteiger partial charge on any atom is -0.473 e. The fourth-order valence-corrected chi connectivity index (χ4v) is 2.51. The summed E-state index contributed by atoms with van der Waals surface area (Å²) in [6.45, 7) is 3.49. The molecule has 6 heteroatoms. The Morgan fingerprint density at radius 2 is 2.14 bits per heavy atom. The van der Waals surface area contributed by atoms with Crippen LogP contribution < -0.4 is 10.1 Å². The van der Waals surface area contributed by atoms with Gasteiger partial charge in [-0.2, -0.15) is 4.98 Å². The Morgan fingerprint density at radius 3 is 2.86 bits per heavy atom. The topological polar surface area (TPSA) is 47.0 Å². The van der Waals surface area contributed by atoms with Crippen molar-refractivity contribution in [1.29, 1.82) is 0 Å². The third-order valence-corrected chi connectivity index (χ3v) is 3.74. The van der Waals surface area contributed by atoms with E-state index >= 15 is 0 Å². The molecule has 21 heavy (non-hydrogen) atoms. The summed E-state index contributed by atoms with van der Waals surface area (Å²) in [7, 11) is 0. The van der Waals surface area contributed by atoms with Gasteiger partial charge in [-0.3, -0.25) is 0 Å². The number of hydrogen-bond donors (Lipinski definition) is 1. The first-order valence-electron chi connectivity index (χ1n) is 6.75. The summed E-state index contributed by atoms with van der Waals surface area (Å²) < 4.78 is 6.83. The van der Waals surface area contributed by atoms with Gasteiger partial charge in [0.2, 0.25) is 5.88 Å². The van der Waals surface area contributed by atoms with Crippen molar-refractivity contribution in [1.82, 2.24) is 9.97 Å². The number of benzene rings is 1. The number of aromatic nitrogens is 2. The molecular formula is C15H18BrN3OS. The summed E-state index contributed by atoms with van der Waals surface area (Å²) >= 11 is 4.96. The molecule has 2 rings (SSSR count). The van der Waals surface area contributed by atoms with Crippen LogP contribution in [0.15, 0.2) is 40.0 Å². The summed E-state index contributed by atoms with van der Waals surface area (Å²) in [6, 6.07) is 9.88. The first-order chi connectivity index (χ1) is 10.2. The van der Waals surface area contributed by atoms with Crippen LogP contribution >= 0.6 is 27.7 Å². The highest BCUT2D eigenvalue weighted by Gasteiger charge is 2.05. The number of rotatable bonds is 7. The highest BCUT2D eigenvalue weighted by atomic mass is 79.9. The van der Waals surface area contributed by atoms with Crippen molar-refractivity contribution < 1.29 is 4.74 Å². The minimum atomic E-state index is 0.484. The Labute approximate surface area is 137 Å². The first kappa shape index (κ1) is 16.1. The molecule has 0 aliphatic rings. The second-order valence-corrected chi connectivity index (χ2v) is 6.11. The number of ether oxygens (including phenoxy) is 1. The standard InChI is InChI=1S/C15H18BrN3OS/c1-3-7-17-13-9-14(19-15(18-13)21-2)20-10-11-5-4-6-12(16)8-11/h4-6,8-9H,3,7,10H2,1-2H3,(H,17,18,19). The van der Waals surface area contributed by atoms with Crippen molar-refractivity contribution in [2.75, 3.05) is 18.1 Å². The van der Waals surface area contributed by atoms with E-state index < -0.39 is 0 Å². The third kappa shape index (κ3) is 5.21. The van der Waals surface area contributed by atoms with Crippen LogP contribution in [0.1, 0.15) is 18.9 Å². The average Bonchev–Trinajstić information content (AvgIpc) is 2.51. The quantitative estimate of drug-likeness (QED) is 0.581. The highest BCUT2D eigenvalue weighted by Crippen LogP contribution is 2.20. The molecule has 1 aromatic carbocycles. The van der Waals surface area contributed by atoms with Crippen LogP contribution in [0.25, 0.3) is 0 Å². The summed E-state index contributed by atoms with van der Waals surface area (Å²) in [4.78, 5) is 8.79. The lowest BCUT2D eigenvalue weighted by atomic mass is 10.2. The lowest BCUT2D eigenvalue weighted by molar-refractivity contribution is 0.291. The van der Waals surface area contributed by atoms with Gasteiger partial charge >= 0.3 is 0 Å². The molecule has 0 bridgehead atoms. The number of anilines is 1. The summed E-state index contributed by atoms with van der Waals surface area (Å²) in [5.74, 6) is 1.40. The van der Waals surface area contributed by atoms with E-state index in [1.165, 1.54) is 11.8 Å². The van der Waals surface area contributed by atoms with Gasteiger partial charge in [0.05, 0.1) is 0 Å². The molecule has 4 nitrogen and oxygen atoms in total. The zero-order chi connectivity index (χ0) is 15.1. The zero-order valence-corrected chi connectivity index (χ0v) is 14.5. The Balaban J connectivity index is 2.07. The van der Waals surface area contributed by atoms with E-state index in [-0.39, 0.29) is 0 Å². The molecule has 0 amide bonds. The largest absolute Gasteiger partial charge is 0.473 e. The zero-order valence-electron chi connectivity index (χ0n) is 12.1. The highest BCUT2D eigenvalue weighted by molar-refractivity contribution is 9.10. The second kappa shape index (κ2) is 8.24. The van der Waals surface area contributed by atoms with Crippen molar-refractivity contribution in [3.8, 4) is 5.88 Å². The van der Waals surface area contributed by atoms with Gasteiger partial charge in [0.1, 0.15) is 12.4 Å². The normalized spacial score (nSPS) is 10.4. The van der Waals surface area contributed by atoms with E-state index in [9.17, 15) is 0 Å². The van der Waals surface area contributed by atoms with E-state index in [1.54, 1.807) is 0 Å². The molecule has 0 radical (unpaired) electrons. The molecule has 1 heterocycles. The molecule has 0 aliphatic heterocycles. The van der Waals surface area contributed by atoms with Gasteiger partial charge in [0, 0.05) is 17.1 Å². The van der Waals surface area contributed by atoms with Gasteiger partial charge in [0.15, 0.2) is 5.16 Å². The predicted octanol–water partition coefficient (Wildman–Crippen LogP) is 4.36. The molecule has 2 aromatic rings. The summed E-state index contributed by atoms with van der Waals surface area (Å²) in [5.41, 5.74) is 1.09. The van der Waals surface area contributed by atoms with Crippen LogP contribution in [-0.4, -0.2) is 22.8 Å². The van der Waals surface area contributed by atoms with Gasteiger partial charge in [-0.25, -0.2) is 4.98 Å². The van der Waals surface area contributed by atoms with Gasteiger partial charge < -0.3 is 10.1 Å². The Hall–Kier alpha value is -1.27. The number of halogens is 1. The van der Waals surface area contributed by atoms with Crippen molar-refractivity contribution in [2.24, 2.45) is 0 Å². The van der Waals surface area contributed by atoms with Gasteiger partial charge in [-0.05, 0) is 30.4 Å². The SMILES string of the molecule is CCCNc1cc(OCc2cccc(Br)c2)nc(SC)n1. The molecule has 0 saturated heterocycles. The average molecular weight is 368 g/mol. The maximum Gasteiger partial charge on any atom is 0.219 e. The van der Waals surface area contributed by atoms with Crippen LogP contribution in [0.2, 0.25) is 0 Å². The van der Waals surface area contributed by atoms with E-state index in [4.69, 9.17) is 4.74 Å². The molecule has 0 aliphatic carbocycles. The molecule has 0 spiro atoms. The molecular weight excluding hydrogens is 350 g/mol. The molecule has 1 N–H and O–H groups in total. The third-order valence-electron chi connectivity index (χ3n) is 2.70. The monoisotopic (exact) mass is 367 g/mol. The van der Waals surface area contributed by atoms with Gasteiger partial charge in [-0.1, -0.05) is 46.7 Å². The number of nitrogens with one attached hydrogen (secondary N) is 1. The lowest BCUT2D eigenvalue weighted by Crippen LogP contribution is -2.05. The smallest absolute Gasteiger partial charge is 0.219 e. The molecule has 0 unspecified atom stereocenters. The van der Waals surface area contributed by atoms with Crippen molar-refractivity contribution in [3.63, 3.8) is 0 Å².